The molecule has 0 atom stereocenters. The van der Waals surface area contributed by atoms with E-state index in [1.54, 1.807) is 0 Å². The number of amides is 1. The molecule has 2 aromatic heterocycles. The Morgan fingerprint density at radius 2 is 1.96 bits per heavy atom. The van der Waals surface area contributed by atoms with Crippen LogP contribution in [-0.2, 0) is 19.3 Å². The van der Waals surface area contributed by atoms with Crippen LogP contribution in [0.2, 0.25) is 0 Å². The summed E-state index contributed by atoms with van der Waals surface area (Å²) in [5.74, 6) is -1.18. The van der Waals surface area contributed by atoms with Crippen molar-refractivity contribution < 1.29 is 22.4 Å². The molecule has 0 N–H and O–H groups in total. The molecule has 4 rings (SSSR count). The summed E-state index contributed by atoms with van der Waals surface area (Å²) >= 11 is 0. The molecule has 0 spiro atoms. The van der Waals surface area contributed by atoms with Crippen molar-refractivity contribution in [3.63, 3.8) is 0 Å². The van der Waals surface area contributed by atoms with E-state index in [0.717, 1.165) is 32.3 Å². The number of rotatable bonds is 2. The van der Waals surface area contributed by atoms with Crippen molar-refractivity contribution in [2.75, 3.05) is 26.7 Å². The van der Waals surface area contributed by atoms with Crippen molar-refractivity contribution >= 4 is 5.91 Å². The van der Waals surface area contributed by atoms with Gasteiger partial charge in [0.2, 0.25) is 11.6 Å². The van der Waals surface area contributed by atoms with Crippen LogP contribution in [0.15, 0.2) is 17.0 Å². The predicted octanol–water partition coefficient (Wildman–Crippen LogP) is 2.36. The smallest absolute Gasteiger partial charge is 0.438 e. The fourth-order valence-corrected chi connectivity index (χ4v) is 3.87. The maximum Gasteiger partial charge on any atom is 0.449 e. The average molecular weight is 383 g/mol. The maximum absolute atomic E-state index is 13.5. The lowest BCUT2D eigenvalue weighted by atomic mass is 9.92. The zero-order valence-corrected chi connectivity index (χ0v) is 14.9. The van der Waals surface area contributed by atoms with Gasteiger partial charge in [0.05, 0.1) is 24.1 Å². The monoisotopic (exact) mass is 383 g/mol. The predicted molar refractivity (Wildman–Crippen MR) is 87.9 cm³/mol. The minimum absolute atomic E-state index is 0.0288. The minimum atomic E-state index is -4.52. The number of carbonyl (C=O) groups is 1. The summed E-state index contributed by atoms with van der Waals surface area (Å²) in [5, 5.41) is 0. The Bertz CT molecular complexity index is 822. The molecule has 0 bridgehead atoms. The number of carbonyl (C=O) groups excluding carboxylic acids is 1. The highest BCUT2D eigenvalue weighted by molar-refractivity contribution is 5.91. The van der Waals surface area contributed by atoms with Crippen molar-refractivity contribution in [2.45, 2.75) is 38.0 Å². The van der Waals surface area contributed by atoms with E-state index < -0.39 is 12.0 Å². The number of halogens is 3. The molecule has 2 aliphatic rings. The molecular formula is C17H20F3N5O2. The molecule has 146 valence electrons. The Morgan fingerprint density at radius 3 is 2.59 bits per heavy atom. The third-order valence-electron chi connectivity index (χ3n) is 5.33. The van der Waals surface area contributed by atoms with Crippen LogP contribution in [0.25, 0.3) is 0 Å². The lowest BCUT2D eigenvalue weighted by Gasteiger charge is -2.32. The van der Waals surface area contributed by atoms with Crippen LogP contribution >= 0.6 is 0 Å². The topological polar surface area (TPSA) is 67.4 Å². The number of imidazole rings is 1. The van der Waals surface area contributed by atoms with E-state index in [1.807, 2.05) is 7.05 Å². The number of aromatic nitrogens is 3. The average Bonchev–Trinajstić information content (AvgIpc) is 3.29. The van der Waals surface area contributed by atoms with Crippen LogP contribution < -0.4 is 0 Å². The van der Waals surface area contributed by atoms with Gasteiger partial charge in [0.15, 0.2) is 6.39 Å². The maximum atomic E-state index is 13.5. The molecule has 0 saturated carbocycles. The molecule has 1 fully saturated rings. The first-order valence-electron chi connectivity index (χ1n) is 8.87. The van der Waals surface area contributed by atoms with Crippen LogP contribution in [0.3, 0.4) is 0 Å². The van der Waals surface area contributed by atoms with Gasteiger partial charge >= 0.3 is 6.18 Å². The molecule has 1 saturated heterocycles. The summed E-state index contributed by atoms with van der Waals surface area (Å²) in [5.41, 5.74) is 0.960. The highest BCUT2D eigenvalue weighted by atomic mass is 19.4. The molecule has 10 heteroatoms. The largest absolute Gasteiger partial charge is 0.449 e. The second kappa shape index (κ2) is 6.66. The number of piperidine rings is 1. The SMILES string of the molecule is CN1CCC(c2nc(C(F)(F)F)n3c2CN(C(=O)c2cnco2)CC3)CC1. The third kappa shape index (κ3) is 3.33. The number of hydrogen-bond acceptors (Lipinski definition) is 5. The van der Waals surface area contributed by atoms with Crippen molar-refractivity contribution in [3.05, 3.63) is 35.6 Å². The van der Waals surface area contributed by atoms with E-state index in [1.165, 1.54) is 15.7 Å². The first-order valence-corrected chi connectivity index (χ1v) is 8.87. The quantitative estimate of drug-likeness (QED) is 0.797. The molecule has 4 heterocycles. The number of hydrogen-bond donors (Lipinski definition) is 0. The zero-order valence-electron chi connectivity index (χ0n) is 14.9. The lowest BCUT2D eigenvalue weighted by Crippen LogP contribution is -2.39. The van der Waals surface area contributed by atoms with Gasteiger partial charge in [-0.2, -0.15) is 13.2 Å². The van der Waals surface area contributed by atoms with E-state index >= 15 is 0 Å². The third-order valence-corrected chi connectivity index (χ3v) is 5.33. The molecule has 1 amide bonds. The molecule has 7 nitrogen and oxygen atoms in total. The number of likely N-dealkylation sites (tertiary alicyclic amines) is 1. The summed E-state index contributed by atoms with van der Waals surface area (Å²) < 4.78 is 46.8. The van der Waals surface area contributed by atoms with Crippen molar-refractivity contribution in [1.82, 2.24) is 24.3 Å². The Morgan fingerprint density at radius 1 is 1.22 bits per heavy atom. The molecule has 0 radical (unpaired) electrons. The second-order valence-corrected chi connectivity index (χ2v) is 7.09. The van der Waals surface area contributed by atoms with Gasteiger partial charge in [-0.15, -0.1) is 0 Å². The molecule has 0 unspecified atom stereocenters. The zero-order chi connectivity index (χ0) is 19.2. The fourth-order valence-electron chi connectivity index (χ4n) is 3.87. The van der Waals surface area contributed by atoms with Crippen molar-refractivity contribution in [1.29, 1.82) is 0 Å². The minimum Gasteiger partial charge on any atom is -0.438 e. The standard InChI is InChI=1S/C17H20F3N5O2/c1-23-4-2-11(3-5-23)14-12-9-24(15(26)13-8-21-10-27-13)6-7-25(12)16(22-14)17(18,19)20/h8,10-11H,2-7,9H2,1H3. The summed E-state index contributed by atoms with van der Waals surface area (Å²) in [6.07, 6.45) is -0.530. The van der Waals surface area contributed by atoms with Gasteiger partial charge < -0.3 is 18.8 Å². The molecule has 2 aliphatic heterocycles. The Kier molecular flexibility index (Phi) is 4.45. The second-order valence-electron chi connectivity index (χ2n) is 7.09. The van der Waals surface area contributed by atoms with E-state index in [0.29, 0.717) is 11.4 Å². The summed E-state index contributed by atoms with van der Waals surface area (Å²) in [4.78, 5) is 23.9. The first-order chi connectivity index (χ1) is 12.8. The van der Waals surface area contributed by atoms with E-state index in [2.05, 4.69) is 14.9 Å². The van der Waals surface area contributed by atoms with Gasteiger partial charge in [-0.25, -0.2) is 9.97 Å². The summed E-state index contributed by atoms with van der Waals surface area (Å²) in [7, 11) is 2.00. The highest BCUT2D eigenvalue weighted by Crippen LogP contribution is 2.37. The number of alkyl halides is 3. The van der Waals surface area contributed by atoms with Crippen LogP contribution in [-0.4, -0.2) is 56.9 Å². The van der Waals surface area contributed by atoms with Crippen LogP contribution in [0.4, 0.5) is 13.2 Å². The molecule has 2 aromatic rings. The number of nitrogens with zero attached hydrogens (tertiary/aromatic N) is 5. The van der Waals surface area contributed by atoms with Gasteiger partial charge in [0.1, 0.15) is 0 Å². The highest BCUT2D eigenvalue weighted by Gasteiger charge is 2.42. The molecular weight excluding hydrogens is 363 g/mol. The van der Waals surface area contributed by atoms with Crippen molar-refractivity contribution in [2.24, 2.45) is 0 Å². The number of oxazole rings is 1. The van der Waals surface area contributed by atoms with E-state index in [4.69, 9.17) is 4.42 Å². The van der Waals surface area contributed by atoms with Gasteiger partial charge in [-0.3, -0.25) is 4.79 Å². The Hall–Kier alpha value is -2.36. The lowest BCUT2D eigenvalue weighted by molar-refractivity contribution is -0.147. The van der Waals surface area contributed by atoms with Gasteiger partial charge in [-0.05, 0) is 33.0 Å². The Labute approximate surface area is 153 Å². The van der Waals surface area contributed by atoms with E-state index in [-0.39, 0.29) is 37.2 Å². The molecule has 0 aromatic carbocycles. The van der Waals surface area contributed by atoms with Crippen LogP contribution in [0.5, 0.6) is 0 Å². The first kappa shape index (κ1) is 18.0. The van der Waals surface area contributed by atoms with Gasteiger partial charge in [0.25, 0.3) is 5.91 Å². The normalized spacial score (nSPS) is 19.3. The summed E-state index contributed by atoms with van der Waals surface area (Å²) in [6, 6.07) is 0. The van der Waals surface area contributed by atoms with Crippen LogP contribution in [0.1, 0.15) is 46.5 Å². The molecule has 27 heavy (non-hydrogen) atoms. The summed E-state index contributed by atoms with van der Waals surface area (Å²) in [6.45, 7) is 1.95. The molecule has 0 aliphatic carbocycles. The van der Waals surface area contributed by atoms with E-state index in [9.17, 15) is 18.0 Å². The Balaban J connectivity index is 1.67. The van der Waals surface area contributed by atoms with Crippen molar-refractivity contribution in [3.8, 4) is 0 Å². The van der Waals surface area contributed by atoms with Crippen LogP contribution in [0, 0.1) is 0 Å². The van der Waals surface area contributed by atoms with Gasteiger partial charge in [0, 0.05) is 19.0 Å². The van der Waals surface area contributed by atoms with Gasteiger partial charge in [-0.1, -0.05) is 0 Å². The number of fused-ring (bicyclic) bond motifs is 1. The fraction of sp³-hybridized carbons (Fsp3) is 0.588.